The first kappa shape index (κ1) is 58.1. The van der Waals surface area contributed by atoms with Gasteiger partial charge in [0.2, 0.25) is 0 Å². The van der Waals surface area contributed by atoms with Crippen LogP contribution in [0.5, 0.6) is 0 Å². The maximum Gasteiger partial charge on any atom is 0.306 e. The minimum absolute atomic E-state index is 0.0820. The Labute approximate surface area is 377 Å². The van der Waals surface area contributed by atoms with Crippen LogP contribution in [0.1, 0.15) is 252 Å². The van der Waals surface area contributed by atoms with Crippen molar-refractivity contribution in [2.75, 3.05) is 13.2 Å². The lowest BCUT2D eigenvalue weighted by molar-refractivity contribution is -0.167. The third-order valence-corrected chi connectivity index (χ3v) is 11.0. The van der Waals surface area contributed by atoms with Crippen molar-refractivity contribution in [3.63, 3.8) is 0 Å². The summed E-state index contributed by atoms with van der Waals surface area (Å²) >= 11 is 0. The topological polar surface area (TPSA) is 78.9 Å². The first-order valence-electron chi connectivity index (χ1n) is 25.8. The molecule has 0 unspecified atom stereocenters. The zero-order chi connectivity index (χ0) is 44.4. The molecule has 0 aliphatic carbocycles. The van der Waals surface area contributed by atoms with Gasteiger partial charge < -0.3 is 14.2 Å². The molecule has 0 rings (SSSR count). The maximum atomic E-state index is 12.8. The minimum atomic E-state index is -0.782. The molecule has 0 saturated carbocycles. The number of rotatable bonds is 46. The predicted molar refractivity (Wildman–Crippen MR) is 261 cm³/mol. The molecular weight excluding hydrogens is 757 g/mol. The van der Waals surface area contributed by atoms with Crippen molar-refractivity contribution in [3.05, 3.63) is 60.8 Å². The average Bonchev–Trinajstić information content (AvgIpc) is 3.26. The Hall–Kier alpha value is -2.89. The Morgan fingerprint density at radius 2 is 0.639 bits per heavy atom. The standard InChI is InChI=1S/C55H96O6/c1-4-7-10-13-16-19-21-23-25-26-27-28-30-31-33-36-39-42-45-48-54(57)60-51-52(50-59-53(56)47-44-41-38-35-18-15-12-9-6-3)61-55(58)49-46-43-40-37-34-32-29-24-22-20-17-14-11-8-5-2/h7,10,16,19,23,25,27-28,31,33,52H,4-6,8-9,11-15,17-18,20-22,24,26,29-30,32,34-51H2,1-3H3/b10-7-,19-16-,25-23-,28-27-,33-31-/t52-/m1/s1. The zero-order valence-electron chi connectivity index (χ0n) is 40.2. The summed E-state index contributed by atoms with van der Waals surface area (Å²) in [6.45, 7) is 6.49. The van der Waals surface area contributed by atoms with E-state index in [1.165, 1.54) is 116 Å². The van der Waals surface area contributed by atoms with Gasteiger partial charge in [-0.05, 0) is 64.2 Å². The molecule has 0 spiro atoms. The van der Waals surface area contributed by atoms with Crippen LogP contribution in [-0.2, 0) is 28.6 Å². The van der Waals surface area contributed by atoms with Gasteiger partial charge in [-0.2, -0.15) is 0 Å². The monoisotopic (exact) mass is 853 g/mol. The van der Waals surface area contributed by atoms with Crippen molar-refractivity contribution in [2.24, 2.45) is 0 Å². The van der Waals surface area contributed by atoms with E-state index in [2.05, 4.69) is 81.5 Å². The van der Waals surface area contributed by atoms with Crippen LogP contribution < -0.4 is 0 Å². The smallest absolute Gasteiger partial charge is 0.306 e. The minimum Gasteiger partial charge on any atom is -0.462 e. The number of ether oxygens (including phenoxy) is 3. The van der Waals surface area contributed by atoms with Crippen LogP contribution in [0.4, 0.5) is 0 Å². The molecule has 0 aromatic rings. The van der Waals surface area contributed by atoms with E-state index in [-0.39, 0.29) is 31.1 Å². The first-order chi connectivity index (χ1) is 30.0. The molecule has 352 valence electrons. The third-order valence-electron chi connectivity index (χ3n) is 11.0. The molecule has 0 amide bonds. The average molecular weight is 853 g/mol. The highest BCUT2D eigenvalue weighted by Crippen LogP contribution is 2.15. The summed E-state index contributed by atoms with van der Waals surface area (Å²) in [6, 6.07) is 0. The van der Waals surface area contributed by atoms with E-state index in [0.29, 0.717) is 19.3 Å². The summed E-state index contributed by atoms with van der Waals surface area (Å²) in [4.78, 5) is 37.9. The van der Waals surface area contributed by atoms with Crippen LogP contribution in [0.3, 0.4) is 0 Å². The Morgan fingerprint density at radius 3 is 1.00 bits per heavy atom. The zero-order valence-corrected chi connectivity index (χ0v) is 40.2. The summed E-state index contributed by atoms with van der Waals surface area (Å²) in [5, 5.41) is 0. The highest BCUT2D eigenvalue weighted by Gasteiger charge is 2.19. The van der Waals surface area contributed by atoms with Crippen molar-refractivity contribution in [3.8, 4) is 0 Å². The summed E-state index contributed by atoms with van der Waals surface area (Å²) in [5.74, 6) is -0.912. The molecule has 1 atom stereocenters. The van der Waals surface area contributed by atoms with Gasteiger partial charge in [-0.25, -0.2) is 0 Å². The fourth-order valence-electron chi connectivity index (χ4n) is 7.17. The van der Waals surface area contributed by atoms with Crippen molar-refractivity contribution < 1.29 is 28.6 Å². The number of esters is 3. The largest absolute Gasteiger partial charge is 0.462 e. The summed E-state index contributed by atoms with van der Waals surface area (Å²) in [6.07, 6.45) is 60.6. The molecule has 0 bridgehead atoms. The molecule has 0 fully saturated rings. The number of hydrogen-bond acceptors (Lipinski definition) is 6. The third kappa shape index (κ3) is 48.0. The molecule has 0 aromatic carbocycles. The quantitative estimate of drug-likeness (QED) is 0.0263. The molecule has 61 heavy (non-hydrogen) atoms. The van der Waals surface area contributed by atoms with Crippen LogP contribution in [0.2, 0.25) is 0 Å². The van der Waals surface area contributed by atoms with Gasteiger partial charge in [0.15, 0.2) is 6.10 Å². The van der Waals surface area contributed by atoms with Crippen molar-refractivity contribution in [2.45, 2.75) is 258 Å². The van der Waals surface area contributed by atoms with E-state index < -0.39 is 6.10 Å². The highest BCUT2D eigenvalue weighted by atomic mass is 16.6. The van der Waals surface area contributed by atoms with E-state index in [4.69, 9.17) is 14.2 Å². The molecule has 0 heterocycles. The summed E-state index contributed by atoms with van der Waals surface area (Å²) in [5.41, 5.74) is 0. The van der Waals surface area contributed by atoms with E-state index in [1.807, 2.05) is 0 Å². The van der Waals surface area contributed by atoms with E-state index in [1.54, 1.807) is 0 Å². The molecule has 0 aliphatic heterocycles. The number of carbonyl (C=O) groups is 3. The number of carbonyl (C=O) groups excluding carboxylic acids is 3. The van der Waals surface area contributed by atoms with Gasteiger partial charge in [0.05, 0.1) is 0 Å². The van der Waals surface area contributed by atoms with Crippen LogP contribution in [0.15, 0.2) is 60.8 Å². The molecule has 0 N–H and O–H groups in total. The second-order valence-electron chi connectivity index (χ2n) is 17.1. The molecule has 0 radical (unpaired) electrons. The lowest BCUT2D eigenvalue weighted by Crippen LogP contribution is -2.30. The Kier molecular flexibility index (Phi) is 47.4. The first-order valence-corrected chi connectivity index (χ1v) is 25.8. The Bertz CT molecular complexity index is 1120. The molecular formula is C55H96O6. The van der Waals surface area contributed by atoms with Gasteiger partial charge in [0.1, 0.15) is 13.2 Å². The Balaban J connectivity index is 4.37. The highest BCUT2D eigenvalue weighted by molar-refractivity contribution is 5.71. The van der Waals surface area contributed by atoms with Gasteiger partial charge in [-0.1, -0.05) is 229 Å². The van der Waals surface area contributed by atoms with Crippen LogP contribution in [0.25, 0.3) is 0 Å². The van der Waals surface area contributed by atoms with Gasteiger partial charge in [-0.15, -0.1) is 0 Å². The van der Waals surface area contributed by atoms with Gasteiger partial charge in [-0.3, -0.25) is 14.4 Å². The van der Waals surface area contributed by atoms with Crippen molar-refractivity contribution >= 4 is 17.9 Å². The molecule has 0 saturated heterocycles. The van der Waals surface area contributed by atoms with Crippen LogP contribution in [0, 0.1) is 0 Å². The lowest BCUT2D eigenvalue weighted by atomic mass is 10.0. The molecule has 0 aromatic heterocycles. The van der Waals surface area contributed by atoms with Crippen LogP contribution in [-0.4, -0.2) is 37.2 Å². The fourth-order valence-corrected chi connectivity index (χ4v) is 7.17. The molecule has 0 aliphatic rings. The predicted octanol–water partition coefficient (Wildman–Crippen LogP) is 16.9. The van der Waals surface area contributed by atoms with Gasteiger partial charge >= 0.3 is 17.9 Å². The fraction of sp³-hybridized carbons (Fsp3) is 0.764. The molecule has 6 heteroatoms. The second-order valence-corrected chi connectivity index (χ2v) is 17.1. The number of hydrogen-bond donors (Lipinski definition) is 0. The maximum absolute atomic E-state index is 12.8. The number of unbranched alkanes of at least 4 members (excludes halogenated alkanes) is 25. The number of allylic oxidation sites excluding steroid dienone is 10. The second kappa shape index (κ2) is 49.8. The van der Waals surface area contributed by atoms with E-state index in [9.17, 15) is 14.4 Å². The van der Waals surface area contributed by atoms with Crippen molar-refractivity contribution in [1.82, 2.24) is 0 Å². The van der Waals surface area contributed by atoms with E-state index >= 15 is 0 Å². The Morgan fingerprint density at radius 1 is 0.344 bits per heavy atom. The summed E-state index contributed by atoms with van der Waals surface area (Å²) in [7, 11) is 0. The molecule has 6 nitrogen and oxygen atoms in total. The van der Waals surface area contributed by atoms with Gasteiger partial charge in [0.25, 0.3) is 0 Å². The van der Waals surface area contributed by atoms with Crippen LogP contribution >= 0.6 is 0 Å². The lowest BCUT2D eigenvalue weighted by Gasteiger charge is -2.18. The van der Waals surface area contributed by atoms with E-state index in [0.717, 1.165) is 96.3 Å². The summed E-state index contributed by atoms with van der Waals surface area (Å²) < 4.78 is 16.7. The SMILES string of the molecule is CC/C=C\C/C=C\C/C=C\C/C=C\C/C=C\CCCCCC(=O)OC[C@@H](COC(=O)CCCCCCCCCCC)OC(=O)CCCCCCCCCCCCCCCCC. The van der Waals surface area contributed by atoms with Gasteiger partial charge in [0, 0.05) is 19.3 Å². The normalized spacial score (nSPS) is 12.5. The van der Waals surface area contributed by atoms with Crippen molar-refractivity contribution in [1.29, 1.82) is 0 Å².